The Morgan fingerprint density at radius 2 is 2.12 bits per heavy atom. The van der Waals surface area contributed by atoms with Crippen molar-refractivity contribution in [3.63, 3.8) is 0 Å². The average Bonchev–Trinajstić information content (AvgIpc) is 2.41. The fourth-order valence-corrected chi connectivity index (χ4v) is 2.77. The molecule has 0 spiro atoms. The summed E-state index contributed by atoms with van der Waals surface area (Å²) in [7, 11) is 2.19. The predicted octanol–water partition coefficient (Wildman–Crippen LogP) is 2.77. The molecule has 0 radical (unpaired) electrons. The molecule has 1 heterocycles. The Hall–Kier alpha value is -1.02. The van der Waals surface area contributed by atoms with Crippen molar-refractivity contribution >= 4 is 0 Å². The first-order valence-electron chi connectivity index (χ1n) is 6.08. The van der Waals surface area contributed by atoms with Gasteiger partial charge in [0.1, 0.15) is 5.75 Å². The molecule has 88 valence electrons. The maximum atomic E-state index is 9.58. The van der Waals surface area contributed by atoms with Crippen LogP contribution in [0.5, 0.6) is 5.75 Å². The van der Waals surface area contributed by atoms with Crippen molar-refractivity contribution in [2.45, 2.75) is 31.6 Å². The van der Waals surface area contributed by atoms with Gasteiger partial charge < -0.3 is 10.0 Å². The first kappa shape index (κ1) is 11.5. The van der Waals surface area contributed by atoms with Crippen molar-refractivity contribution < 1.29 is 5.11 Å². The van der Waals surface area contributed by atoms with E-state index in [9.17, 15) is 5.11 Å². The van der Waals surface area contributed by atoms with E-state index in [1.54, 1.807) is 6.07 Å². The molecule has 2 nitrogen and oxygen atoms in total. The van der Waals surface area contributed by atoms with Crippen molar-refractivity contribution in [1.82, 2.24) is 4.90 Å². The number of likely N-dealkylation sites (N-methyl/N-ethyl adjacent to an activating group) is 1. The third-order valence-electron chi connectivity index (χ3n) is 3.68. The summed E-state index contributed by atoms with van der Waals surface area (Å²) in [5.74, 6) is 0.380. The Labute approximate surface area is 97.9 Å². The lowest BCUT2D eigenvalue weighted by Gasteiger charge is -2.32. The first-order valence-corrected chi connectivity index (χ1v) is 6.08. The van der Waals surface area contributed by atoms with E-state index in [0.717, 1.165) is 6.54 Å². The molecule has 0 aliphatic carbocycles. The van der Waals surface area contributed by atoms with E-state index < -0.39 is 0 Å². The maximum Gasteiger partial charge on any atom is 0.115 e. The molecule has 16 heavy (non-hydrogen) atoms. The van der Waals surface area contributed by atoms with Crippen LogP contribution in [0.25, 0.3) is 0 Å². The van der Waals surface area contributed by atoms with E-state index in [2.05, 4.69) is 24.9 Å². The van der Waals surface area contributed by atoms with Gasteiger partial charge in [-0.2, -0.15) is 0 Å². The van der Waals surface area contributed by atoms with E-state index >= 15 is 0 Å². The van der Waals surface area contributed by atoms with Crippen LogP contribution >= 0.6 is 0 Å². The largest absolute Gasteiger partial charge is 0.508 e. The molecule has 1 N–H and O–H groups in total. The number of aromatic hydroxyl groups is 1. The molecular weight excluding hydrogens is 198 g/mol. The highest BCUT2D eigenvalue weighted by molar-refractivity contribution is 5.33. The Bertz CT molecular complexity index is 364. The highest BCUT2D eigenvalue weighted by atomic mass is 16.3. The zero-order valence-corrected chi connectivity index (χ0v) is 10.2. The van der Waals surface area contributed by atoms with Gasteiger partial charge in [0.15, 0.2) is 0 Å². The van der Waals surface area contributed by atoms with Crippen molar-refractivity contribution in [3.05, 3.63) is 29.8 Å². The van der Waals surface area contributed by atoms with Crippen LogP contribution in [0.1, 0.15) is 31.7 Å². The van der Waals surface area contributed by atoms with Crippen LogP contribution in [0.4, 0.5) is 0 Å². The number of nitrogens with zero attached hydrogens (tertiary/aromatic N) is 1. The minimum Gasteiger partial charge on any atom is -0.508 e. The molecular formula is C14H21NO. The SMILES string of the molecule is CN1CCCC[C@](C)(c2cccc(O)c2)C1. The Balaban J connectivity index is 2.28. The fourth-order valence-electron chi connectivity index (χ4n) is 2.77. The smallest absolute Gasteiger partial charge is 0.115 e. The maximum absolute atomic E-state index is 9.58. The molecule has 0 amide bonds. The summed E-state index contributed by atoms with van der Waals surface area (Å²) in [6, 6.07) is 7.74. The number of hydrogen-bond donors (Lipinski definition) is 1. The van der Waals surface area contributed by atoms with Crippen molar-refractivity contribution in [3.8, 4) is 5.75 Å². The van der Waals surface area contributed by atoms with Gasteiger partial charge in [-0.05, 0) is 44.1 Å². The molecule has 1 aromatic carbocycles. The molecule has 0 saturated carbocycles. The molecule has 0 unspecified atom stereocenters. The molecule has 1 fully saturated rings. The topological polar surface area (TPSA) is 23.5 Å². The van der Waals surface area contributed by atoms with Gasteiger partial charge in [0.05, 0.1) is 0 Å². The van der Waals surface area contributed by atoms with Gasteiger partial charge in [0.25, 0.3) is 0 Å². The zero-order chi connectivity index (χ0) is 11.6. The summed E-state index contributed by atoms with van der Waals surface area (Å²) < 4.78 is 0. The van der Waals surface area contributed by atoms with Gasteiger partial charge in [-0.25, -0.2) is 0 Å². The summed E-state index contributed by atoms with van der Waals surface area (Å²) in [6.45, 7) is 4.58. The number of benzene rings is 1. The lowest BCUT2D eigenvalue weighted by molar-refractivity contribution is 0.277. The molecule has 2 heteroatoms. The first-order chi connectivity index (χ1) is 7.60. The monoisotopic (exact) mass is 219 g/mol. The number of likely N-dealkylation sites (tertiary alicyclic amines) is 1. The molecule has 0 bridgehead atoms. The Morgan fingerprint density at radius 1 is 1.31 bits per heavy atom. The summed E-state index contributed by atoms with van der Waals surface area (Å²) in [5.41, 5.74) is 1.45. The standard InChI is InChI=1S/C14H21NO/c1-14(8-3-4-9-15(2)11-14)12-6-5-7-13(16)10-12/h5-7,10,16H,3-4,8-9,11H2,1-2H3/t14-/m0/s1. The predicted molar refractivity (Wildman–Crippen MR) is 66.8 cm³/mol. The third-order valence-corrected chi connectivity index (χ3v) is 3.68. The highest BCUT2D eigenvalue weighted by Crippen LogP contribution is 2.33. The second-order valence-corrected chi connectivity index (χ2v) is 5.31. The van der Waals surface area contributed by atoms with Gasteiger partial charge in [-0.1, -0.05) is 25.5 Å². The minimum absolute atomic E-state index is 0.185. The van der Waals surface area contributed by atoms with Crippen LogP contribution in [0, 0.1) is 0 Å². The molecule has 0 aromatic heterocycles. The van der Waals surface area contributed by atoms with E-state index in [0.29, 0.717) is 5.75 Å². The van der Waals surface area contributed by atoms with Crippen LogP contribution in [-0.4, -0.2) is 30.1 Å². The van der Waals surface area contributed by atoms with Crippen LogP contribution in [-0.2, 0) is 5.41 Å². The van der Waals surface area contributed by atoms with E-state index in [-0.39, 0.29) is 5.41 Å². The van der Waals surface area contributed by atoms with Gasteiger partial charge in [-0.3, -0.25) is 0 Å². The minimum atomic E-state index is 0.185. The lowest BCUT2D eigenvalue weighted by atomic mass is 9.78. The molecule has 2 rings (SSSR count). The van der Waals surface area contributed by atoms with Crippen molar-refractivity contribution in [2.75, 3.05) is 20.1 Å². The lowest BCUT2D eigenvalue weighted by Crippen LogP contribution is -2.35. The number of rotatable bonds is 1. The third kappa shape index (κ3) is 2.38. The summed E-state index contributed by atoms with van der Waals surface area (Å²) in [5, 5.41) is 9.58. The van der Waals surface area contributed by atoms with Gasteiger partial charge in [0, 0.05) is 12.0 Å². The average molecular weight is 219 g/mol. The van der Waals surface area contributed by atoms with Crippen LogP contribution < -0.4 is 0 Å². The molecule has 1 aliphatic heterocycles. The normalized spacial score (nSPS) is 27.6. The fraction of sp³-hybridized carbons (Fsp3) is 0.571. The number of hydrogen-bond acceptors (Lipinski definition) is 2. The molecule has 1 aliphatic rings. The second-order valence-electron chi connectivity index (χ2n) is 5.31. The highest BCUT2D eigenvalue weighted by Gasteiger charge is 2.29. The molecule has 1 atom stereocenters. The van der Waals surface area contributed by atoms with Crippen LogP contribution in [0.2, 0.25) is 0 Å². The van der Waals surface area contributed by atoms with E-state index in [4.69, 9.17) is 0 Å². The van der Waals surface area contributed by atoms with Gasteiger partial charge in [-0.15, -0.1) is 0 Å². The summed E-state index contributed by atoms with van der Waals surface area (Å²) in [4.78, 5) is 2.40. The Kier molecular flexibility index (Phi) is 3.20. The zero-order valence-electron chi connectivity index (χ0n) is 10.2. The quantitative estimate of drug-likeness (QED) is 0.785. The number of phenols is 1. The molecule has 1 saturated heterocycles. The van der Waals surface area contributed by atoms with E-state index in [1.807, 2.05) is 12.1 Å². The van der Waals surface area contributed by atoms with Crippen LogP contribution in [0.3, 0.4) is 0 Å². The second kappa shape index (κ2) is 4.46. The number of phenolic OH excluding ortho intramolecular Hbond substituents is 1. The van der Waals surface area contributed by atoms with Gasteiger partial charge >= 0.3 is 0 Å². The van der Waals surface area contributed by atoms with E-state index in [1.165, 1.54) is 31.4 Å². The van der Waals surface area contributed by atoms with Crippen molar-refractivity contribution in [1.29, 1.82) is 0 Å². The Morgan fingerprint density at radius 3 is 2.88 bits per heavy atom. The summed E-state index contributed by atoms with van der Waals surface area (Å²) >= 11 is 0. The summed E-state index contributed by atoms with van der Waals surface area (Å²) in [6.07, 6.45) is 3.77. The van der Waals surface area contributed by atoms with Crippen molar-refractivity contribution in [2.24, 2.45) is 0 Å². The van der Waals surface area contributed by atoms with Crippen LogP contribution in [0.15, 0.2) is 24.3 Å². The van der Waals surface area contributed by atoms with Gasteiger partial charge in [0.2, 0.25) is 0 Å². The molecule has 1 aromatic rings.